The maximum Gasteiger partial charge on any atom is 0.316 e. The first kappa shape index (κ1) is 27.1. The number of anilines is 1. The maximum atomic E-state index is 12.3. The monoisotopic (exact) mass is 450 g/mol. The molecule has 1 aromatic heterocycles. The number of aryl methyl sites for hydroxylation is 1. The second-order valence-corrected chi connectivity index (χ2v) is 7.14. The molecule has 0 atom stereocenters. The van der Waals surface area contributed by atoms with Crippen LogP contribution in [-0.2, 0) is 6.54 Å². The van der Waals surface area contributed by atoms with E-state index in [4.69, 9.17) is 4.74 Å². The van der Waals surface area contributed by atoms with E-state index in [0.29, 0.717) is 19.7 Å². The van der Waals surface area contributed by atoms with Gasteiger partial charge in [0.05, 0.1) is 27.0 Å². The van der Waals surface area contributed by atoms with Gasteiger partial charge in [-0.15, -0.1) is 12.8 Å². The fourth-order valence-electron chi connectivity index (χ4n) is 2.97. The average Bonchev–Trinajstić information content (AvgIpc) is 2.83. The highest BCUT2D eigenvalue weighted by atomic mass is 19.1. The molecule has 2 aromatic rings. The molecule has 6 nitrogen and oxygen atoms in total. The number of dihydropyridines is 1. The van der Waals surface area contributed by atoms with E-state index in [1.54, 1.807) is 12.4 Å². The molecule has 0 unspecified atom stereocenters. The molecule has 0 radical (unpaired) electrons. The molecule has 0 bridgehead atoms. The first-order valence-corrected chi connectivity index (χ1v) is 10.2. The van der Waals surface area contributed by atoms with E-state index < -0.39 is 5.56 Å². The number of benzene rings is 1. The molecular formula is C26H31FN4O2. The van der Waals surface area contributed by atoms with Crippen molar-refractivity contribution in [1.29, 1.82) is 0 Å². The smallest absolute Gasteiger partial charge is 0.316 e. The number of methoxy groups -OCH3 is 1. The Hall–Kier alpha value is -3.92. The van der Waals surface area contributed by atoms with E-state index in [-0.39, 0.29) is 5.75 Å². The lowest BCUT2D eigenvalue weighted by molar-refractivity contribution is 0.402. The van der Waals surface area contributed by atoms with Gasteiger partial charge in [-0.3, -0.25) is 14.2 Å². The molecule has 1 aliphatic heterocycles. The summed E-state index contributed by atoms with van der Waals surface area (Å²) in [5.41, 5.74) is 4.75. The van der Waals surface area contributed by atoms with Crippen LogP contribution < -0.4 is 15.6 Å². The average molecular weight is 451 g/mol. The number of hydrogen-bond donors (Lipinski definition) is 1. The molecule has 0 aliphatic carbocycles. The molecule has 1 N–H and O–H groups in total. The lowest BCUT2D eigenvalue weighted by Gasteiger charge is -2.17. The van der Waals surface area contributed by atoms with Crippen molar-refractivity contribution in [3.05, 3.63) is 87.1 Å². The quantitative estimate of drug-likeness (QED) is 0.625. The summed E-state index contributed by atoms with van der Waals surface area (Å²) in [6.07, 6.45) is 18.2. The summed E-state index contributed by atoms with van der Waals surface area (Å²) in [6, 6.07) is 8.24. The van der Waals surface area contributed by atoms with Crippen molar-refractivity contribution in [2.24, 2.45) is 4.99 Å². The number of hydrogen-bond acceptors (Lipinski definition) is 5. The van der Waals surface area contributed by atoms with Crippen molar-refractivity contribution in [2.75, 3.05) is 19.6 Å². The second kappa shape index (κ2) is 14.2. The van der Waals surface area contributed by atoms with Gasteiger partial charge in [-0.2, -0.15) is 4.98 Å². The van der Waals surface area contributed by atoms with Crippen LogP contribution in [0, 0.1) is 19.8 Å². The number of nitrogens with one attached hydrogen (secondary N) is 1. The normalized spacial score (nSPS) is 12.7. The van der Waals surface area contributed by atoms with Crippen molar-refractivity contribution in [1.82, 2.24) is 9.55 Å². The SMILES string of the molecule is C#C.CF.COc1cn(Cc2cccc(C)c2)c(NC(/C=C2\CC=CC=N2)=C(C)C)nc1=O. The van der Waals surface area contributed by atoms with Crippen LogP contribution in [0.3, 0.4) is 0 Å². The summed E-state index contributed by atoms with van der Waals surface area (Å²) in [4.78, 5) is 21.0. The number of halogens is 1. The van der Waals surface area contributed by atoms with Crippen molar-refractivity contribution >= 4 is 12.2 Å². The highest BCUT2D eigenvalue weighted by molar-refractivity contribution is 5.73. The molecule has 0 amide bonds. The lowest BCUT2D eigenvalue weighted by atomic mass is 10.1. The fourth-order valence-corrected chi connectivity index (χ4v) is 2.97. The van der Waals surface area contributed by atoms with Gasteiger partial charge in [-0.1, -0.05) is 41.5 Å². The fraction of sp³-hybridized carbons (Fsp3) is 0.269. The third-order valence-corrected chi connectivity index (χ3v) is 4.50. The number of alkyl halides is 1. The minimum atomic E-state index is -0.408. The molecule has 2 heterocycles. The zero-order chi connectivity index (χ0) is 24.8. The van der Waals surface area contributed by atoms with Crippen LogP contribution in [-0.4, -0.2) is 30.1 Å². The topological polar surface area (TPSA) is 68.5 Å². The zero-order valence-electron chi connectivity index (χ0n) is 19.8. The Morgan fingerprint density at radius 1 is 1.30 bits per heavy atom. The standard InChI is InChI=1S/C23H26N4O2.C2H2.CH3F/c1-16(2)20(13-19-10-5-6-11-24-19)25-23-26-22(28)21(29-4)15-27(23)14-18-9-7-8-17(3)12-18;2*1-2/h5-9,11-13,15H,10,14H2,1-4H3,(H,25,26,28);1-2H;1H3/b19-13+;;. The van der Waals surface area contributed by atoms with E-state index >= 15 is 0 Å². The van der Waals surface area contributed by atoms with Gasteiger partial charge in [0.25, 0.3) is 0 Å². The third-order valence-electron chi connectivity index (χ3n) is 4.50. The number of ether oxygens (including phenoxy) is 1. The van der Waals surface area contributed by atoms with Crippen LogP contribution in [0.4, 0.5) is 10.3 Å². The summed E-state index contributed by atoms with van der Waals surface area (Å²) in [5.74, 6) is 0.669. The number of nitrogens with zero attached hydrogens (tertiary/aromatic N) is 3. The lowest BCUT2D eigenvalue weighted by Crippen LogP contribution is -2.20. The Bertz CT molecular complexity index is 1120. The first-order chi connectivity index (χ1) is 16.0. The highest BCUT2D eigenvalue weighted by Gasteiger charge is 2.12. The molecule has 1 aromatic carbocycles. The van der Waals surface area contributed by atoms with Crippen molar-refractivity contribution < 1.29 is 9.13 Å². The van der Waals surface area contributed by atoms with Gasteiger partial charge in [0.1, 0.15) is 0 Å². The first-order valence-electron chi connectivity index (χ1n) is 10.2. The minimum absolute atomic E-state index is 0.210. The third kappa shape index (κ3) is 8.26. The molecule has 0 saturated carbocycles. The van der Waals surface area contributed by atoms with Gasteiger partial charge in [-0.25, -0.2) is 0 Å². The van der Waals surface area contributed by atoms with Crippen LogP contribution in [0.2, 0.25) is 0 Å². The number of allylic oxidation sites excluding steroid dienone is 4. The van der Waals surface area contributed by atoms with Crippen LogP contribution in [0.15, 0.2) is 75.4 Å². The van der Waals surface area contributed by atoms with Gasteiger partial charge < -0.3 is 14.6 Å². The summed E-state index contributed by atoms with van der Waals surface area (Å²) in [5, 5.41) is 3.32. The van der Waals surface area contributed by atoms with Gasteiger partial charge >= 0.3 is 5.56 Å². The molecule has 0 spiro atoms. The molecule has 3 rings (SSSR count). The van der Waals surface area contributed by atoms with Crippen molar-refractivity contribution in [3.63, 3.8) is 0 Å². The van der Waals surface area contributed by atoms with Crippen molar-refractivity contribution in [3.8, 4) is 18.6 Å². The summed E-state index contributed by atoms with van der Waals surface area (Å²) < 4.78 is 16.6. The minimum Gasteiger partial charge on any atom is -0.490 e. The summed E-state index contributed by atoms with van der Waals surface area (Å²) in [7, 11) is 1.98. The zero-order valence-corrected chi connectivity index (χ0v) is 19.8. The Morgan fingerprint density at radius 2 is 2.03 bits per heavy atom. The predicted molar refractivity (Wildman–Crippen MR) is 135 cm³/mol. The summed E-state index contributed by atoms with van der Waals surface area (Å²) in [6.45, 7) is 6.63. The molecule has 33 heavy (non-hydrogen) atoms. The number of aliphatic imine (C=N–C) groups is 1. The van der Waals surface area contributed by atoms with Crippen LogP contribution >= 0.6 is 0 Å². The Morgan fingerprint density at radius 3 is 2.61 bits per heavy atom. The molecule has 7 heteroatoms. The molecular weight excluding hydrogens is 419 g/mol. The maximum absolute atomic E-state index is 12.3. The van der Waals surface area contributed by atoms with Gasteiger partial charge in [0.15, 0.2) is 0 Å². The Kier molecular flexibility index (Phi) is 11.7. The Balaban J connectivity index is 0.00000129. The van der Waals surface area contributed by atoms with E-state index in [0.717, 1.165) is 29.0 Å². The van der Waals surface area contributed by atoms with Crippen LogP contribution in [0.25, 0.3) is 0 Å². The van der Waals surface area contributed by atoms with E-state index in [1.165, 1.54) is 12.7 Å². The number of aromatic nitrogens is 2. The van der Waals surface area contributed by atoms with Gasteiger partial charge in [0.2, 0.25) is 11.7 Å². The number of rotatable bonds is 6. The van der Waals surface area contributed by atoms with E-state index in [2.05, 4.69) is 53.3 Å². The summed E-state index contributed by atoms with van der Waals surface area (Å²) >= 11 is 0. The predicted octanol–water partition coefficient (Wildman–Crippen LogP) is 5.06. The van der Waals surface area contributed by atoms with Gasteiger partial charge in [-0.05, 0) is 38.5 Å². The van der Waals surface area contributed by atoms with E-state index in [9.17, 15) is 9.18 Å². The van der Waals surface area contributed by atoms with E-state index in [1.807, 2.05) is 42.7 Å². The molecule has 1 aliphatic rings. The second-order valence-electron chi connectivity index (χ2n) is 7.14. The highest BCUT2D eigenvalue weighted by Crippen LogP contribution is 2.19. The number of terminal acetylenes is 1. The Labute approximate surface area is 195 Å². The molecule has 174 valence electrons. The van der Waals surface area contributed by atoms with Gasteiger partial charge in [0, 0.05) is 24.0 Å². The molecule has 0 fully saturated rings. The molecule has 0 saturated heterocycles. The van der Waals surface area contributed by atoms with Crippen LogP contribution in [0.1, 0.15) is 31.4 Å². The van der Waals surface area contributed by atoms with Crippen LogP contribution in [0.5, 0.6) is 5.75 Å². The largest absolute Gasteiger partial charge is 0.490 e. The van der Waals surface area contributed by atoms with Crippen molar-refractivity contribution in [2.45, 2.75) is 33.7 Å².